The van der Waals surface area contributed by atoms with E-state index in [1.54, 1.807) is 7.05 Å². The standard InChI is InChI=1S/C18H22N4O/c1-19-18(23)12-8-9-16-14(10-12)15-11-21(2)20-17(15)22(16)13-6-4-3-5-7-13/h8-11,13H,3-7H2,1-2H3,(H,19,23). The fraction of sp³-hybridized carbons (Fsp3) is 0.444. The molecule has 0 atom stereocenters. The Morgan fingerprint density at radius 1 is 1.22 bits per heavy atom. The highest BCUT2D eigenvalue weighted by Crippen LogP contribution is 2.37. The van der Waals surface area contributed by atoms with Crippen LogP contribution in [0.5, 0.6) is 0 Å². The van der Waals surface area contributed by atoms with Gasteiger partial charge in [0.25, 0.3) is 5.91 Å². The van der Waals surface area contributed by atoms with Gasteiger partial charge in [-0.3, -0.25) is 9.48 Å². The Morgan fingerprint density at radius 2 is 2.00 bits per heavy atom. The van der Waals surface area contributed by atoms with Gasteiger partial charge in [0.2, 0.25) is 0 Å². The lowest BCUT2D eigenvalue weighted by Crippen LogP contribution is -2.17. The summed E-state index contributed by atoms with van der Waals surface area (Å²) < 4.78 is 4.27. The molecule has 1 saturated carbocycles. The van der Waals surface area contributed by atoms with Crippen molar-refractivity contribution in [3.05, 3.63) is 30.0 Å². The molecule has 0 bridgehead atoms. The number of benzene rings is 1. The van der Waals surface area contributed by atoms with Gasteiger partial charge in [-0.25, -0.2) is 0 Å². The minimum absolute atomic E-state index is 0.0469. The van der Waals surface area contributed by atoms with Crippen molar-refractivity contribution in [1.82, 2.24) is 19.7 Å². The molecular formula is C18H22N4O. The van der Waals surface area contributed by atoms with E-state index in [-0.39, 0.29) is 5.91 Å². The van der Waals surface area contributed by atoms with E-state index in [4.69, 9.17) is 5.10 Å². The molecule has 1 fully saturated rings. The summed E-state index contributed by atoms with van der Waals surface area (Å²) in [5.41, 5.74) is 2.94. The van der Waals surface area contributed by atoms with Crippen molar-refractivity contribution in [3.8, 4) is 0 Å². The number of aryl methyl sites for hydroxylation is 1. The van der Waals surface area contributed by atoms with E-state index in [0.717, 1.165) is 16.4 Å². The molecule has 3 aromatic rings. The van der Waals surface area contributed by atoms with Crippen LogP contribution in [0.3, 0.4) is 0 Å². The molecule has 0 saturated heterocycles. The van der Waals surface area contributed by atoms with Gasteiger partial charge in [0, 0.05) is 42.7 Å². The van der Waals surface area contributed by atoms with Crippen molar-refractivity contribution in [2.45, 2.75) is 38.1 Å². The number of nitrogens with zero attached hydrogens (tertiary/aromatic N) is 3. The van der Waals surface area contributed by atoms with Crippen molar-refractivity contribution >= 4 is 27.8 Å². The number of fused-ring (bicyclic) bond motifs is 3. The van der Waals surface area contributed by atoms with Gasteiger partial charge in [-0.05, 0) is 31.0 Å². The zero-order chi connectivity index (χ0) is 16.0. The minimum atomic E-state index is -0.0469. The predicted octanol–water partition coefficient (Wildman–Crippen LogP) is 3.39. The first kappa shape index (κ1) is 14.3. The van der Waals surface area contributed by atoms with Gasteiger partial charge < -0.3 is 9.88 Å². The van der Waals surface area contributed by atoms with Crippen LogP contribution < -0.4 is 5.32 Å². The maximum atomic E-state index is 12.0. The van der Waals surface area contributed by atoms with Crippen molar-refractivity contribution in [2.75, 3.05) is 7.05 Å². The molecule has 0 aliphatic heterocycles. The molecule has 4 rings (SSSR count). The summed E-state index contributed by atoms with van der Waals surface area (Å²) in [6.07, 6.45) is 8.40. The van der Waals surface area contributed by atoms with Crippen LogP contribution in [-0.2, 0) is 7.05 Å². The van der Waals surface area contributed by atoms with Gasteiger partial charge >= 0.3 is 0 Å². The van der Waals surface area contributed by atoms with Crippen molar-refractivity contribution in [2.24, 2.45) is 7.05 Å². The van der Waals surface area contributed by atoms with Crippen LogP contribution in [-0.4, -0.2) is 27.3 Å². The number of carbonyl (C=O) groups excluding carboxylic acids is 1. The Labute approximate surface area is 135 Å². The zero-order valence-electron chi connectivity index (χ0n) is 13.7. The lowest BCUT2D eigenvalue weighted by molar-refractivity contribution is 0.0963. The SMILES string of the molecule is CNC(=O)c1ccc2c(c1)c1cn(C)nc1n2C1CCCCC1. The number of aromatic nitrogens is 3. The molecule has 5 nitrogen and oxygen atoms in total. The summed E-state index contributed by atoms with van der Waals surface area (Å²) in [5.74, 6) is -0.0469. The maximum Gasteiger partial charge on any atom is 0.251 e. The van der Waals surface area contributed by atoms with Gasteiger partial charge in [0.05, 0.1) is 5.52 Å². The number of nitrogens with one attached hydrogen (secondary N) is 1. The Hall–Kier alpha value is -2.30. The second-order valence-corrected chi connectivity index (χ2v) is 6.51. The molecule has 0 radical (unpaired) electrons. The molecule has 0 spiro atoms. The number of hydrogen-bond acceptors (Lipinski definition) is 2. The van der Waals surface area contributed by atoms with Gasteiger partial charge in [-0.15, -0.1) is 0 Å². The average Bonchev–Trinajstić information content (AvgIpc) is 3.09. The Bertz CT molecular complexity index is 883. The van der Waals surface area contributed by atoms with Crippen molar-refractivity contribution < 1.29 is 4.79 Å². The largest absolute Gasteiger partial charge is 0.355 e. The quantitative estimate of drug-likeness (QED) is 0.789. The molecule has 2 heterocycles. The third kappa shape index (κ3) is 2.22. The van der Waals surface area contributed by atoms with E-state index >= 15 is 0 Å². The van der Waals surface area contributed by atoms with Gasteiger partial charge in [-0.2, -0.15) is 5.10 Å². The highest BCUT2D eigenvalue weighted by molar-refractivity contribution is 6.09. The molecule has 23 heavy (non-hydrogen) atoms. The van der Waals surface area contributed by atoms with Gasteiger partial charge in [0.1, 0.15) is 0 Å². The van der Waals surface area contributed by atoms with Crippen LogP contribution >= 0.6 is 0 Å². The second-order valence-electron chi connectivity index (χ2n) is 6.51. The van der Waals surface area contributed by atoms with Gasteiger partial charge in [0.15, 0.2) is 5.65 Å². The number of carbonyl (C=O) groups is 1. The van der Waals surface area contributed by atoms with Gasteiger partial charge in [-0.1, -0.05) is 19.3 Å². The zero-order valence-corrected chi connectivity index (χ0v) is 13.7. The van der Waals surface area contributed by atoms with E-state index in [1.165, 1.54) is 37.6 Å². The lowest BCUT2D eigenvalue weighted by atomic mass is 9.95. The normalized spacial score (nSPS) is 16.3. The summed E-state index contributed by atoms with van der Waals surface area (Å²) in [7, 11) is 3.62. The van der Waals surface area contributed by atoms with Crippen LogP contribution in [0.2, 0.25) is 0 Å². The van der Waals surface area contributed by atoms with Crippen molar-refractivity contribution in [1.29, 1.82) is 0 Å². The summed E-state index contributed by atoms with van der Waals surface area (Å²) in [6, 6.07) is 6.51. The van der Waals surface area contributed by atoms with E-state index in [9.17, 15) is 4.79 Å². The molecule has 120 valence electrons. The molecule has 2 aromatic heterocycles. The number of amides is 1. The van der Waals surface area contributed by atoms with Crippen LogP contribution in [0.15, 0.2) is 24.4 Å². The molecule has 1 N–H and O–H groups in total. The molecule has 1 aliphatic carbocycles. The van der Waals surface area contributed by atoms with E-state index in [2.05, 4.69) is 22.1 Å². The molecule has 1 aliphatic rings. The highest BCUT2D eigenvalue weighted by Gasteiger charge is 2.23. The molecule has 0 unspecified atom stereocenters. The third-order valence-corrected chi connectivity index (χ3v) is 5.01. The molecule has 5 heteroatoms. The van der Waals surface area contributed by atoms with Crippen LogP contribution in [0.25, 0.3) is 21.9 Å². The Kier molecular flexibility index (Phi) is 3.36. The monoisotopic (exact) mass is 310 g/mol. The van der Waals surface area contributed by atoms with E-state index in [0.29, 0.717) is 11.6 Å². The second kappa shape index (κ2) is 5.41. The average molecular weight is 310 g/mol. The Morgan fingerprint density at radius 3 is 2.74 bits per heavy atom. The summed E-state index contributed by atoms with van der Waals surface area (Å²) >= 11 is 0. The third-order valence-electron chi connectivity index (χ3n) is 5.01. The smallest absolute Gasteiger partial charge is 0.251 e. The maximum absolute atomic E-state index is 12.0. The van der Waals surface area contributed by atoms with E-state index < -0.39 is 0 Å². The predicted molar refractivity (Wildman–Crippen MR) is 91.7 cm³/mol. The summed E-state index contributed by atoms with van der Waals surface area (Å²) in [5, 5.41) is 9.66. The summed E-state index contributed by atoms with van der Waals surface area (Å²) in [6.45, 7) is 0. The minimum Gasteiger partial charge on any atom is -0.355 e. The summed E-state index contributed by atoms with van der Waals surface area (Å²) in [4.78, 5) is 12.0. The van der Waals surface area contributed by atoms with Crippen LogP contribution in [0, 0.1) is 0 Å². The highest BCUT2D eigenvalue weighted by atomic mass is 16.1. The molecule has 1 aromatic carbocycles. The first-order valence-corrected chi connectivity index (χ1v) is 8.38. The first-order chi connectivity index (χ1) is 11.2. The van der Waals surface area contributed by atoms with Crippen molar-refractivity contribution in [3.63, 3.8) is 0 Å². The fourth-order valence-corrected chi connectivity index (χ4v) is 3.92. The number of hydrogen-bond donors (Lipinski definition) is 1. The molecule has 1 amide bonds. The van der Waals surface area contributed by atoms with Crippen LogP contribution in [0.4, 0.5) is 0 Å². The van der Waals surface area contributed by atoms with E-state index in [1.807, 2.05) is 23.9 Å². The number of rotatable bonds is 2. The Balaban J connectivity index is 1.97. The molecular weight excluding hydrogens is 288 g/mol. The fourth-order valence-electron chi connectivity index (χ4n) is 3.92. The topological polar surface area (TPSA) is 51.9 Å². The van der Waals surface area contributed by atoms with Crippen LogP contribution in [0.1, 0.15) is 48.5 Å². The first-order valence-electron chi connectivity index (χ1n) is 8.38. The lowest BCUT2D eigenvalue weighted by Gasteiger charge is -2.24.